The Morgan fingerprint density at radius 1 is 1.16 bits per heavy atom. The molecule has 1 aliphatic carbocycles. The van der Waals surface area contributed by atoms with E-state index in [9.17, 15) is 4.79 Å². The zero-order chi connectivity index (χ0) is 13.4. The van der Waals surface area contributed by atoms with Crippen LogP contribution in [0.2, 0.25) is 0 Å². The van der Waals surface area contributed by atoms with Crippen molar-refractivity contribution in [3.63, 3.8) is 0 Å². The van der Waals surface area contributed by atoms with E-state index in [1.165, 1.54) is 0 Å². The minimum Gasteiger partial charge on any atom is -0.361 e. The zero-order valence-corrected chi connectivity index (χ0v) is 11.2. The summed E-state index contributed by atoms with van der Waals surface area (Å²) in [7, 11) is 0. The van der Waals surface area contributed by atoms with Crippen molar-refractivity contribution in [2.75, 3.05) is 0 Å². The molecule has 2 aromatic rings. The molecule has 100 valence electrons. The third kappa shape index (κ3) is 2.09. The molecule has 1 N–H and O–H groups in total. The summed E-state index contributed by atoms with van der Waals surface area (Å²) in [5.74, 6) is 1.27. The average molecular weight is 259 g/mol. The highest BCUT2D eigenvalue weighted by atomic mass is 16.5. The molecule has 5 heteroatoms. The van der Waals surface area contributed by atoms with E-state index in [0.717, 1.165) is 54.6 Å². The normalized spacial score (nSPS) is 15.1. The van der Waals surface area contributed by atoms with Crippen LogP contribution in [0.25, 0.3) is 11.4 Å². The average Bonchev–Trinajstić information content (AvgIpc) is 2.60. The Morgan fingerprint density at radius 3 is 2.68 bits per heavy atom. The van der Waals surface area contributed by atoms with Crippen LogP contribution in [0, 0.1) is 13.8 Å². The molecule has 0 aliphatic heterocycles. The molecule has 0 bridgehead atoms. The number of hydrogen-bond acceptors (Lipinski definition) is 4. The number of H-pyrrole nitrogens is 1. The maximum Gasteiger partial charge on any atom is 0.254 e. The third-order valence-electron chi connectivity index (χ3n) is 3.71. The van der Waals surface area contributed by atoms with Gasteiger partial charge < -0.3 is 9.51 Å². The van der Waals surface area contributed by atoms with Gasteiger partial charge in [0.1, 0.15) is 11.6 Å². The Kier molecular flexibility index (Phi) is 2.97. The molecular weight excluding hydrogens is 242 g/mol. The molecule has 0 atom stereocenters. The summed E-state index contributed by atoms with van der Waals surface area (Å²) in [6.45, 7) is 3.69. The standard InChI is InChI=1S/C14H17N3O2/c1-8-12(9(2)19-17-8)13-15-11-7-5-3-4-6-10(11)14(18)16-13/h3-7H2,1-2H3,(H,15,16,18). The smallest absolute Gasteiger partial charge is 0.254 e. The fourth-order valence-corrected chi connectivity index (χ4v) is 2.72. The lowest BCUT2D eigenvalue weighted by Gasteiger charge is -2.06. The van der Waals surface area contributed by atoms with Crippen LogP contribution >= 0.6 is 0 Å². The first-order chi connectivity index (χ1) is 9.16. The van der Waals surface area contributed by atoms with Gasteiger partial charge >= 0.3 is 0 Å². The predicted molar refractivity (Wildman–Crippen MR) is 71.1 cm³/mol. The molecule has 0 amide bonds. The number of aromatic nitrogens is 3. The molecule has 2 aromatic heterocycles. The summed E-state index contributed by atoms with van der Waals surface area (Å²) < 4.78 is 5.15. The van der Waals surface area contributed by atoms with Gasteiger partial charge in [0.2, 0.25) is 0 Å². The van der Waals surface area contributed by atoms with E-state index in [0.29, 0.717) is 11.6 Å². The Hall–Kier alpha value is -1.91. The van der Waals surface area contributed by atoms with E-state index in [4.69, 9.17) is 4.52 Å². The molecule has 0 unspecified atom stereocenters. The number of rotatable bonds is 1. The molecule has 19 heavy (non-hydrogen) atoms. The molecular formula is C14H17N3O2. The Morgan fingerprint density at radius 2 is 1.95 bits per heavy atom. The molecule has 0 saturated heterocycles. The number of aromatic amines is 1. The van der Waals surface area contributed by atoms with E-state index < -0.39 is 0 Å². The predicted octanol–water partition coefficient (Wildman–Crippen LogP) is 2.31. The summed E-state index contributed by atoms with van der Waals surface area (Å²) in [6, 6.07) is 0. The van der Waals surface area contributed by atoms with E-state index in [-0.39, 0.29) is 5.56 Å². The quantitative estimate of drug-likeness (QED) is 0.798. The molecule has 0 saturated carbocycles. The van der Waals surface area contributed by atoms with Crippen molar-refractivity contribution in [3.8, 4) is 11.4 Å². The van der Waals surface area contributed by atoms with Crippen molar-refractivity contribution in [2.24, 2.45) is 0 Å². The summed E-state index contributed by atoms with van der Waals surface area (Å²) in [5.41, 5.74) is 3.35. The number of aryl methyl sites for hydroxylation is 3. The van der Waals surface area contributed by atoms with Gasteiger partial charge in [-0.2, -0.15) is 0 Å². The van der Waals surface area contributed by atoms with Gasteiger partial charge in [-0.3, -0.25) is 4.79 Å². The second kappa shape index (κ2) is 4.64. The van der Waals surface area contributed by atoms with Crippen LogP contribution < -0.4 is 5.56 Å². The molecule has 0 aromatic carbocycles. The number of fused-ring (bicyclic) bond motifs is 1. The number of nitrogens with zero attached hydrogens (tertiary/aromatic N) is 2. The van der Waals surface area contributed by atoms with Crippen LogP contribution in [0.5, 0.6) is 0 Å². The fourth-order valence-electron chi connectivity index (χ4n) is 2.72. The summed E-state index contributed by atoms with van der Waals surface area (Å²) >= 11 is 0. The van der Waals surface area contributed by atoms with Gasteiger partial charge in [-0.05, 0) is 39.5 Å². The van der Waals surface area contributed by atoms with Gasteiger partial charge in [0.15, 0.2) is 0 Å². The van der Waals surface area contributed by atoms with E-state index in [1.807, 2.05) is 13.8 Å². The summed E-state index contributed by atoms with van der Waals surface area (Å²) in [4.78, 5) is 19.7. The highest BCUT2D eigenvalue weighted by Gasteiger charge is 2.19. The fraction of sp³-hybridized carbons (Fsp3) is 0.500. The third-order valence-corrected chi connectivity index (χ3v) is 3.71. The van der Waals surface area contributed by atoms with Crippen molar-refractivity contribution in [1.82, 2.24) is 15.1 Å². The van der Waals surface area contributed by atoms with Crippen molar-refractivity contribution < 1.29 is 4.52 Å². The second-order valence-corrected chi connectivity index (χ2v) is 5.10. The lowest BCUT2D eigenvalue weighted by Crippen LogP contribution is -2.18. The molecule has 5 nitrogen and oxygen atoms in total. The first-order valence-corrected chi connectivity index (χ1v) is 6.72. The number of hydrogen-bond donors (Lipinski definition) is 1. The summed E-state index contributed by atoms with van der Waals surface area (Å²) in [5, 5.41) is 3.92. The van der Waals surface area contributed by atoms with Gasteiger partial charge in [-0.25, -0.2) is 4.98 Å². The largest absolute Gasteiger partial charge is 0.361 e. The van der Waals surface area contributed by atoms with Crippen LogP contribution in [0.3, 0.4) is 0 Å². The van der Waals surface area contributed by atoms with Gasteiger partial charge in [0.25, 0.3) is 5.56 Å². The minimum absolute atomic E-state index is 0.0121. The molecule has 3 rings (SSSR count). The van der Waals surface area contributed by atoms with Crippen LogP contribution in [0.4, 0.5) is 0 Å². The Bertz CT molecular complexity index is 650. The van der Waals surface area contributed by atoms with Crippen LogP contribution in [-0.2, 0) is 12.8 Å². The van der Waals surface area contributed by atoms with Gasteiger partial charge in [-0.15, -0.1) is 0 Å². The van der Waals surface area contributed by atoms with Crippen molar-refractivity contribution >= 4 is 0 Å². The topological polar surface area (TPSA) is 71.8 Å². The van der Waals surface area contributed by atoms with Crippen LogP contribution in [-0.4, -0.2) is 15.1 Å². The van der Waals surface area contributed by atoms with Gasteiger partial charge in [0.05, 0.1) is 17.0 Å². The monoisotopic (exact) mass is 259 g/mol. The Balaban J connectivity index is 2.17. The minimum atomic E-state index is -0.0121. The number of nitrogens with one attached hydrogen (secondary N) is 1. The van der Waals surface area contributed by atoms with E-state index in [2.05, 4.69) is 15.1 Å². The maximum atomic E-state index is 12.2. The van der Waals surface area contributed by atoms with Crippen molar-refractivity contribution in [2.45, 2.75) is 46.0 Å². The summed E-state index contributed by atoms with van der Waals surface area (Å²) in [6.07, 6.45) is 5.05. The Labute approximate surface area is 111 Å². The van der Waals surface area contributed by atoms with Crippen molar-refractivity contribution in [3.05, 3.63) is 33.1 Å². The maximum absolute atomic E-state index is 12.2. The molecule has 0 radical (unpaired) electrons. The van der Waals surface area contributed by atoms with Gasteiger partial charge in [0, 0.05) is 5.56 Å². The SMILES string of the molecule is Cc1noc(C)c1-c1nc2c(c(=O)[nH]1)CCCCC2. The highest BCUT2D eigenvalue weighted by Crippen LogP contribution is 2.24. The first kappa shape index (κ1) is 12.1. The molecule has 1 aliphatic rings. The molecule has 2 heterocycles. The molecule has 0 spiro atoms. The molecule has 0 fully saturated rings. The zero-order valence-electron chi connectivity index (χ0n) is 11.2. The van der Waals surface area contributed by atoms with Crippen molar-refractivity contribution in [1.29, 1.82) is 0 Å². The second-order valence-electron chi connectivity index (χ2n) is 5.10. The lowest BCUT2D eigenvalue weighted by atomic mass is 10.1. The van der Waals surface area contributed by atoms with Crippen LogP contribution in [0.1, 0.15) is 42.0 Å². The van der Waals surface area contributed by atoms with E-state index >= 15 is 0 Å². The van der Waals surface area contributed by atoms with Crippen LogP contribution in [0.15, 0.2) is 9.32 Å². The first-order valence-electron chi connectivity index (χ1n) is 6.72. The lowest BCUT2D eigenvalue weighted by molar-refractivity contribution is 0.393. The van der Waals surface area contributed by atoms with E-state index in [1.54, 1.807) is 0 Å². The highest BCUT2D eigenvalue weighted by molar-refractivity contribution is 5.60. The van der Waals surface area contributed by atoms with Gasteiger partial charge in [-0.1, -0.05) is 11.6 Å².